The predicted molar refractivity (Wildman–Crippen MR) is 52.9 cm³/mol. The van der Waals surface area contributed by atoms with E-state index in [0.717, 1.165) is 0 Å². The fraction of sp³-hybridized carbons (Fsp3) is 0.100. The van der Waals surface area contributed by atoms with Crippen molar-refractivity contribution in [2.45, 2.75) is 6.42 Å². The minimum absolute atomic E-state index is 0.308. The third-order valence-electron chi connectivity index (χ3n) is 1.59. The fourth-order valence-corrected chi connectivity index (χ4v) is 0.904. The summed E-state index contributed by atoms with van der Waals surface area (Å²) < 4.78 is 17.2. The summed E-state index contributed by atoms with van der Waals surface area (Å²) in [6.45, 7) is 0. The number of carbonyl (C=O) groups is 1. The van der Waals surface area contributed by atoms with Crippen molar-refractivity contribution in [3.05, 3.63) is 52.5 Å². The minimum atomic E-state index is -1.56. The molecule has 0 aliphatic rings. The molecule has 0 heterocycles. The molecule has 0 aliphatic heterocycles. The van der Waals surface area contributed by atoms with Crippen molar-refractivity contribution in [1.29, 1.82) is 0 Å². The van der Waals surface area contributed by atoms with Crippen LogP contribution in [0.4, 0.5) is 4.39 Å². The highest BCUT2D eigenvalue weighted by Crippen LogP contribution is 2.09. The number of hydrogen-bond donors (Lipinski definition) is 0. The van der Waals surface area contributed by atoms with Crippen molar-refractivity contribution in [3.63, 3.8) is 0 Å². The second-order valence-corrected chi connectivity index (χ2v) is 2.78. The quantitative estimate of drug-likeness (QED) is 0.258. The van der Waals surface area contributed by atoms with Crippen molar-refractivity contribution in [2.75, 3.05) is 0 Å². The Morgan fingerprint density at radius 3 is 2.62 bits per heavy atom. The van der Waals surface area contributed by atoms with Crippen LogP contribution < -0.4 is 4.74 Å². The Morgan fingerprint density at radius 1 is 1.44 bits per heavy atom. The lowest BCUT2D eigenvalue weighted by Crippen LogP contribution is -2.06. The summed E-state index contributed by atoms with van der Waals surface area (Å²) in [6, 6.07) is 8.16. The van der Waals surface area contributed by atoms with Gasteiger partial charge in [-0.15, -0.1) is 4.39 Å². The zero-order chi connectivity index (χ0) is 12.0. The molecule has 1 rings (SSSR count). The molecule has 0 radical (unpaired) electrons. The van der Waals surface area contributed by atoms with Crippen LogP contribution in [0.3, 0.4) is 0 Å². The molecule has 0 saturated carbocycles. The third kappa shape index (κ3) is 3.87. The van der Waals surface area contributed by atoms with Crippen molar-refractivity contribution < 1.29 is 18.8 Å². The summed E-state index contributed by atoms with van der Waals surface area (Å²) >= 11 is 0. The number of halogens is 1. The Kier molecular flexibility index (Phi) is 4.14. The molecule has 1 aromatic carbocycles. The zero-order valence-corrected chi connectivity index (χ0v) is 8.13. The van der Waals surface area contributed by atoms with E-state index in [1.807, 2.05) is 0 Å². The number of benzene rings is 1. The molecule has 84 valence electrons. The predicted octanol–water partition coefficient (Wildman–Crippen LogP) is 2.07. The molecule has 0 bridgehead atoms. The number of para-hydroxylation sites is 1. The van der Waals surface area contributed by atoms with E-state index in [2.05, 4.69) is 0 Å². The first-order valence-electron chi connectivity index (χ1n) is 4.35. The number of hydrogen-bond acceptors (Lipinski definition) is 4. The second kappa shape index (κ2) is 5.59. The Bertz CT molecular complexity index is 416. The van der Waals surface area contributed by atoms with Crippen LogP contribution in [0.2, 0.25) is 0 Å². The molecule has 0 spiro atoms. The van der Waals surface area contributed by atoms with Crippen LogP contribution in [0, 0.1) is 10.1 Å². The van der Waals surface area contributed by atoms with Gasteiger partial charge in [0.05, 0.1) is 11.3 Å². The van der Waals surface area contributed by atoms with Gasteiger partial charge in [-0.2, -0.15) is 0 Å². The van der Waals surface area contributed by atoms with Crippen LogP contribution in [-0.2, 0) is 4.79 Å². The lowest BCUT2D eigenvalue weighted by Gasteiger charge is -2.00. The first-order chi connectivity index (χ1) is 7.59. The van der Waals surface area contributed by atoms with Crippen molar-refractivity contribution >= 4 is 5.97 Å². The highest BCUT2D eigenvalue weighted by molar-refractivity contribution is 5.73. The molecule has 0 unspecified atom stereocenters. The van der Waals surface area contributed by atoms with Crippen LogP contribution in [0.25, 0.3) is 0 Å². The zero-order valence-electron chi connectivity index (χ0n) is 8.13. The lowest BCUT2D eigenvalue weighted by molar-refractivity contribution is -0.447. The smallest absolute Gasteiger partial charge is 0.415 e. The average Bonchev–Trinajstić information content (AvgIpc) is 2.27. The first kappa shape index (κ1) is 11.8. The largest absolute Gasteiger partial charge is 0.426 e. The first-order valence-corrected chi connectivity index (χ1v) is 4.35. The molecule has 6 heteroatoms. The summed E-state index contributed by atoms with van der Waals surface area (Å²) in [5, 5.41) is 9.88. The molecule has 0 N–H and O–H groups in total. The molecule has 0 aromatic heterocycles. The van der Waals surface area contributed by atoms with Gasteiger partial charge in [-0.25, -0.2) is 0 Å². The van der Waals surface area contributed by atoms with E-state index in [1.165, 1.54) is 0 Å². The van der Waals surface area contributed by atoms with E-state index in [4.69, 9.17) is 4.74 Å². The maximum atomic E-state index is 12.4. The third-order valence-corrected chi connectivity index (χ3v) is 1.59. The van der Waals surface area contributed by atoms with Gasteiger partial charge in [0.2, 0.25) is 0 Å². The SMILES string of the molecule is O=C(CC=C(F)[N+](=O)[O-])Oc1ccccc1. The van der Waals surface area contributed by atoms with E-state index in [0.29, 0.717) is 11.8 Å². The van der Waals surface area contributed by atoms with Crippen LogP contribution >= 0.6 is 0 Å². The number of nitrogens with zero attached hydrogens (tertiary/aromatic N) is 1. The van der Waals surface area contributed by atoms with Crippen molar-refractivity contribution in [3.8, 4) is 5.75 Å². The topological polar surface area (TPSA) is 69.4 Å². The van der Waals surface area contributed by atoms with E-state index in [-0.39, 0.29) is 0 Å². The summed E-state index contributed by atoms with van der Waals surface area (Å²) in [5.41, 5.74) is 0. The fourth-order valence-electron chi connectivity index (χ4n) is 0.904. The molecule has 5 nitrogen and oxygen atoms in total. The highest BCUT2D eigenvalue weighted by atomic mass is 19.1. The minimum Gasteiger partial charge on any atom is -0.426 e. The van der Waals surface area contributed by atoms with Gasteiger partial charge in [0.15, 0.2) is 0 Å². The summed E-state index contributed by atoms with van der Waals surface area (Å²) in [5.74, 6) is -2.02. The Hall–Kier alpha value is -2.24. The highest BCUT2D eigenvalue weighted by Gasteiger charge is 2.10. The van der Waals surface area contributed by atoms with Crippen molar-refractivity contribution in [2.24, 2.45) is 0 Å². The lowest BCUT2D eigenvalue weighted by atomic mass is 10.3. The van der Waals surface area contributed by atoms with Crippen LogP contribution in [0.15, 0.2) is 42.4 Å². The van der Waals surface area contributed by atoms with Gasteiger partial charge in [-0.1, -0.05) is 18.2 Å². The standard InChI is InChI=1S/C10H8FNO4/c11-9(12(14)15)6-7-10(13)16-8-4-2-1-3-5-8/h1-6H,7H2. The van der Waals surface area contributed by atoms with Gasteiger partial charge in [0, 0.05) is 6.08 Å². The van der Waals surface area contributed by atoms with E-state index in [1.54, 1.807) is 30.3 Å². The van der Waals surface area contributed by atoms with Gasteiger partial charge >= 0.3 is 11.9 Å². The number of esters is 1. The van der Waals surface area contributed by atoms with Gasteiger partial charge in [-0.05, 0) is 12.1 Å². The van der Waals surface area contributed by atoms with E-state index < -0.39 is 23.3 Å². The molecule has 0 amide bonds. The Labute approximate surface area is 90.3 Å². The average molecular weight is 225 g/mol. The Morgan fingerprint density at radius 2 is 2.06 bits per heavy atom. The molecule has 0 aliphatic carbocycles. The van der Waals surface area contributed by atoms with Gasteiger partial charge in [0.25, 0.3) is 0 Å². The molecule has 0 saturated heterocycles. The monoisotopic (exact) mass is 225 g/mol. The molecule has 0 fully saturated rings. The van der Waals surface area contributed by atoms with Crippen LogP contribution in [-0.4, -0.2) is 10.9 Å². The molecular weight excluding hydrogens is 217 g/mol. The maximum Gasteiger partial charge on any atom is 0.415 e. The summed E-state index contributed by atoms with van der Waals surface area (Å²) in [4.78, 5) is 19.8. The normalized spacial score (nSPS) is 10.9. The van der Waals surface area contributed by atoms with Gasteiger partial charge in [0.1, 0.15) is 5.75 Å². The number of nitro groups is 1. The van der Waals surface area contributed by atoms with Gasteiger partial charge < -0.3 is 4.74 Å². The van der Waals surface area contributed by atoms with Crippen molar-refractivity contribution in [1.82, 2.24) is 0 Å². The van der Waals surface area contributed by atoms with Gasteiger partial charge in [-0.3, -0.25) is 14.9 Å². The van der Waals surface area contributed by atoms with E-state index >= 15 is 0 Å². The maximum absolute atomic E-state index is 12.4. The molecule has 16 heavy (non-hydrogen) atoms. The second-order valence-electron chi connectivity index (χ2n) is 2.78. The van der Waals surface area contributed by atoms with Crippen LogP contribution in [0.5, 0.6) is 5.75 Å². The molecule has 1 aromatic rings. The molecule has 0 atom stereocenters. The number of carbonyl (C=O) groups excluding carboxylic acids is 1. The van der Waals surface area contributed by atoms with Crippen LogP contribution in [0.1, 0.15) is 6.42 Å². The Balaban J connectivity index is 2.49. The van der Waals surface area contributed by atoms with E-state index in [9.17, 15) is 19.3 Å². The number of ether oxygens (including phenoxy) is 1. The molecular formula is C10H8FNO4. The summed E-state index contributed by atoms with van der Waals surface area (Å²) in [7, 11) is 0. The number of rotatable bonds is 4. The summed E-state index contributed by atoms with van der Waals surface area (Å²) in [6.07, 6.45) is 0.0764.